The van der Waals surface area contributed by atoms with Gasteiger partial charge in [0, 0.05) is 0 Å². The van der Waals surface area contributed by atoms with E-state index in [0.29, 0.717) is 17.2 Å². The van der Waals surface area contributed by atoms with Crippen molar-refractivity contribution in [3.8, 4) is 22.6 Å². The van der Waals surface area contributed by atoms with Crippen molar-refractivity contribution in [3.63, 3.8) is 0 Å². The van der Waals surface area contributed by atoms with Crippen LogP contribution in [-0.4, -0.2) is 11.6 Å². The van der Waals surface area contributed by atoms with Gasteiger partial charge < -0.3 is 9.84 Å². The number of phenolic OH excluding ortho intramolecular Hbond substituents is 1. The molecule has 0 atom stereocenters. The van der Waals surface area contributed by atoms with Crippen molar-refractivity contribution in [2.45, 2.75) is 0 Å². The number of aromatic hydroxyl groups is 1. The minimum absolute atomic E-state index is 0.0522. The second kappa shape index (κ2) is 4.89. The van der Waals surface area contributed by atoms with Gasteiger partial charge in [0.1, 0.15) is 11.5 Å². The van der Waals surface area contributed by atoms with Crippen molar-refractivity contribution < 1.29 is 14.6 Å². The summed E-state index contributed by atoms with van der Waals surface area (Å²) >= 11 is 5.82. The molecule has 0 aliphatic rings. The monoisotopic (exact) mass is 248 g/mol. The van der Waals surface area contributed by atoms with E-state index in [1.807, 2.05) is 12.1 Å². The Bertz CT molecular complexity index is 535. The zero-order valence-electron chi connectivity index (χ0n) is 8.76. The zero-order chi connectivity index (χ0) is 12.3. The van der Waals surface area contributed by atoms with Crippen molar-refractivity contribution in [2.24, 2.45) is 0 Å². The Labute approximate surface area is 103 Å². The molecule has 86 valence electrons. The Morgan fingerprint density at radius 3 is 2.29 bits per heavy atom. The Morgan fingerprint density at radius 1 is 1.06 bits per heavy atom. The molecule has 0 fully saturated rings. The fraction of sp³-hybridized carbons (Fsp3) is 0. The van der Waals surface area contributed by atoms with Gasteiger partial charge in [-0.15, -0.1) is 0 Å². The maximum atomic E-state index is 10.1. The lowest BCUT2D eigenvalue weighted by Gasteiger charge is -2.04. The van der Waals surface area contributed by atoms with Gasteiger partial charge in [0.25, 0.3) is 6.47 Å². The maximum absolute atomic E-state index is 10.1. The van der Waals surface area contributed by atoms with Crippen LogP contribution in [0.1, 0.15) is 0 Å². The molecular formula is C13H9ClO3. The standard InChI is InChI=1S/C13H9ClO3/c14-12-7-10(3-6-13(12)16)9-1-4-11(5-2-9)17-8-15/h1-8,16H. The molecule has 3 nitrogen and oxygen atoms in total. The number of ether oxygens (including phenoxy) is 1. The number of hydrogen-bond acceptors (Lipinski definition) is 3. The molecule has 2 aromatic carbocycles. The SMILES string of the molecule is O=COc1ccc(-c2ccc(O)c(Cl)c2)cc1. The zero-order valence-corrected chi connectivity index (χ0v) is 9.52. The van der Waals surface area contributed by atoms with Gasteiger partial charge in [-0.05, 0) is 35.4 Å². The summed E-state index contributed by atoms with van der Waals surface area (Å²) in [7, 11) is 0. The van der Waals surface area contributed by atoms with E-state index in [4.69, 9.17) is 16.3 Å². The molecule has 0 aliphatic heterocycles. The first kappa shape index (κ1) is 11.5. The molecule has 0 spiro atoms. The molecular weight excluding hydrogens is 240 g/mol. The predicted molar refractivity (Wildman–Crippen MR) is 65.2 cm³/mol. The third-order valence-electron chi connectivity index (χ3n) is 2.32. The van der Waals surface area contributed by atoms with Crippen molar-refractivity contribution in [1.82, 2.24) is 0 Å². The predicted octanol–water partition coefficient (Wildman–Crippen LogP) is 3.25. The molecule has 0 unspecified atom stereocenters. The number of phenols is 1. The summed E-state index contributed by atoms with van der Waals surface area (Å²) in [6.45, 7) is 0.381. The Hall–Kier alpha value is -2.00. The van der Waals surface area contributed by atoms with Gasteiger partial charge in [-0.25, -0.2) is 0 Å². The molecule has 17 heavy (non-hydrogen) atoms. The van der Waals surface area contributed by atoms with Crippen LogP contribution in [0.2, 0.25) is 5.02 Å². The normalized spacial score (nSPS) is 9.94. The largest absolute Gasteiger partial charge is 0.506 e. The van der Waals surface area contributed by atoms with E-state index in [1.54, 1.807) is 24.3 Å². The molecule has 0 saturated carbocycles. The lowest BCUT2D eigenvalue weighted by Crippen LogP contribution is -1.87. The second-order valence-electron chi connectivity index (χ2n) is 3.40. The molecule has 2 rings (SSSR count). The second-order valence-corrected chi connectivity index (χ2v) is 3.81. The van der Waals surface area contributed by atoms with E-state index < -0.39 is 0 Å². The van der Waals surface area contributed by atoms with Gasteiger partial charge >= 0.3 is 0 Å². The van der Waals surface area contributed by atoms with Crippen LogP contribution in [0.5, 0.6) is 11.5 Å². The summed E-state index contributed by atoms with van der Waals surface area (Å²) in [5, 5.41) is 9.62. The highest BCUT2D eigenvalue weighted by Gasteiger charge is 2.02. The van der Waals surface area contributed by atoms with Gasteiger partial charge in [-0.3, -0.25) is 4.79 Å². The minimum Gasteiger partial charge on any atom is -0.506 e. The Balaban J connectivity index is 2.32. The number of benzene rings is 2. The van der Waals surface area contributed by atoms with E-state index in [0.717, 1.165) is 11.1 Å². The summed E-state index contributed by atoms with van der Waals surface area (Å²) in [5.41, 5.74) is 1.80. The van der Waals surface area contributed by atoms with E-state index in [9.17, 15) is 9.90 Å². The Morgan fingerprint density at radius 2 is 1.71 bits per heavy atom. The van der Waals surface area contributed by atoms with E-state index in [-0.39, 0.29) is 5.75 Å². The number of hydrogen-bond donors (Lipinski definition) is 1. The number of carbonyl (C=O) groups is 1. The van der Waals surface area contributed by atoms with Crippen molar-refractivity contribution >= 4 is 18.1 Å². The van der Waals surface area contributed by atoms with Crippen LogP contribution in [0.3, 0.4) is 0 Å². The maximum Gasteiger partial charge on any atom is 0.298 e. The molecule has 0 bridgehead atoms. The lowest BCUT2D eigenvalue weighted by atomic mass is 10.1. The smallest absolute Gasteiger partial charge is 0.298 e. The van der Waals surface area contributed by atoms with Crippen LogP contribution in [0.25, 0.3) is 11.1 Å². The summed E-state index contributed by atoms with van der Waals surface area (Å²) in [5.74, 6) is 0.532. The number of rotatable bonds is 3. The molecule has 4 heteroatoms. The third-order valence-corrected chi connectivity index (χ3v) is 2.62. The van der Waals surface area contributed by atoms with Gasteiger partial charge in [0.15, 0.2) is 0 Å². The highest BCUT2D eigenvalue weighted by molar-refractivity contribution is 6.32. The van der Waals surface area contributed by atoms with Crippen LogP contribution >= 0.6 is 11.6 Å². The Kier molecular flexibility index (Phi) is 3.30. The van der Waals surface area contributed by atoms with Gasteiger partial charge in [0.05, 0.1) is 5.02 Å². The highest BCUT2D eigenvalue weighted by atomic mass is 35.5. The molecule has 0 saturated heterocycles. The van der Waals surface area contributed by atoms with Gasteiger partial charge in [-0.2, -0.15) is 0 Å². The van der Waals surface area contributed by atoms with Gasteiger partial charge in [-0.1, -0.05) is 29.8 Å². The van der Waals surface area contributed by atoms with Gasteiger partial charge in [0.2, 0.25) is 0 Å². The fourth-order valence-corrected chi connectivity index (χ4v) is 1.65. The van der Waals surface area contributed by atoms with Crippen LogP contribution < -0.4 is 4.74 Å². The van der Waals surface area contributed by atoms with Crippen molar-refractivity contribution in [1.29, 1.82) is 0 Å². The molecule has 0 aromatic heterocycles. The average molecular weight is 249 g/mol. The quantitative estimate of drug-likeness (QED) is 0.848. The number of halogens is 1. The topological polar surface area (TPSA) is 46.5 Å². The first-order chi connectivity index (χ1) is 8.20. The van der Waals surface area contributed by atoms with Crippen LogP contribution in [0.4, 0.5) is 0 Å². The molecule has 1 N–H and O–H groups in total. The summed E-state index contributed by atoms with van der Waals surface area (Å²) in [6, 6.07) is 12.0. The van der Waals surface area contributed by atoms with Crippen molar-refractivity contribution in [2.75, 3.05) is 0 Å². The highest BCUT2D eigenvalue weighted by Crippen LogP contribution is 2.30. The number of carbonyl (C=O) groups excluding carboxylic acids is 1. The van der Waals surface area contributed by atoms with E-state index >= 15 is 0 Å². The first-order valence-electron chi connectivity index (χ1n) is 4.90. The van der Waals surface area contributed by atoms with Crippen LogP contribution in [-0.2, 0) is 4.79 Å². The van der Waals surface area contributed by atoms with Crippen molar-refractivity contribution in [3.05, 3.63) is 47.5 Å². The molecule has 0 aliphatic carbocycles. The molecule has 0 amide bonds. The summed E-state index contributed by atoms with van der Waals surface area (Å²) < 4.78 is 4.69. The van der Waals surface area contributed by atoms with E-state index in [1.165, 1.54) is 6.07 Å². The first-order valence-corrected chi connectivity index (χ1v) is 5.28. The average Bonchev–Trinajstić information content (AvgIpc) is 2.34. The summed E-state index contributed by atoms with van der Waals surface area (Å²) in [4.78, 5) is 10.1. The molecule has 0 radical (unpaired) electrons. The van der Waals surface area contributed by atoms with Crippen LogP contribution in [0, 0.1) is 0 Å². The third kappa shape index (κ3) is 2.57. The molecule has 0 heterocycles. The van der Waals surface area contributed by atoms with Crippen LogP contribution in [0.15, 0.2) is 42.5 Å². The fourth-order valence-electron chi connectivity index (χ4n) is 1.47. The lowest BCUT2D eigenvalue weighted by molar-refractivity contribution is -0.120. The molecule has 2 aromatic rings. The minimum atomic E-state index is 0.0522. The summed E-state index contributed by atoms with van der Waals surface area (Å²) in [6.07, 6.45) is 0. The van der Waals surface area contributed by atoms with E-state index in [2.05, 4.69) is 0 Å².